The largest absolute Gasteiger partial charge is 0.397 e. The second kappa shape index (κ2) is 8.00. The summed E-state index contributed by atoms with van der Waals surface area (Å²) in [5.41, 5.74) is 9.93. The molecule has 5 nitrogen and oxygen atoms in total. The van der Waals surface area contributed by atoms with Gasteiger partial charge < -0.3 is 16.0 Å². The van der Waals surface area contributed by atoms with Crippen LogP contribution in [0.2, 0.25) is 0 Å². The third-order valence-electron chi connectivity index (χ3n) is 6.24. The Morgan fingerprint density at radius 1 is 1.30 bits per heavy atom. The van der Waals surface area contributed by atoms with E-state index in [0.29, 0.717) is 17.9 Å². The highest BCUT2D eigenvalue weighted by atomic mass is 32.2. The molecular formula is C21H35N3O2S. The molecule has 0 bridgehead atoms. The van der Waals surface area contributed by atoms with Crippen molar-refractivity contribution in [2.75, 3.05) is 31.6 Å². The maximum absolute atomic E-state index is 11.9. The van der Waals surface area contributed by atoms with Crippen LogP contribution in [0.4, 0.5) is 0 Å². The first kappa shape index (κ1) is 20.5. The maximum Gasteiger partial charge on any atom is 0.149 e. The van der Waals surface area contributed by atoms with E-state index in [2.05, 4.69) is 42.3 Å². The molecule has 0 aromatic heterocycles. The molecule has 1 unspecified atom stereocenters. The Hall–Kier alpha value is -1.27. The first-order valence-electron chi connectivity index (χ1n) is 10.2. The summed E-state index contributed by atoms with van der Waals surface area (Å²) in [5, 5.41) is 3.43. The van der Waals surface area contributed by atoms with Crippen LogP contribution < -0.4 is 11.1 Å². The van der Waals surface area contributed by atoms with Gasteiger partial charge >= 0.3 is 0 Å². The molecule has 152 valence electrons. The molecule has 3 rings (SSSR count). The number of sulfone groups is 1. The molecule has 0 spiro atoms. The van der Waals surface area contributed by atoms with Crippen LogP contribution in [-0.2, 0) is 9.84 Å². The Balaban J connectivity index is 1.91. The van der Waals surface area contributed by atoms with Crippen LogP contribution >= 0.6 is 0 Å². The van der Waals surface area contributed by atoms with Crippen molar-refractivity contribution in [2.45, 2.75) is 52.0 Å². The summed E-state index contributed by atoms with van der Waals surface area (Å²) < 4.78 is 23.8. The van der Waals surface area contributed by atoms with Gasteiger partial charge in [-0.1, -0.05) is 26.0 Å². The molecular weight excluding hydrogens is 358 g/mol. The average molecular weight is 394 g/mol. The zero-order chi connectivity index (χ0) is 19.7. The number of nitrogens with zero attached hydrogens (tertiary/aromatic N) is 1. The van der Waals surface area contributed by atoms with Crippen LogP contribution in [0.1, 0.15) is 46.0 Å². The topological polar surface area (TPSA) is 75.4 Å². The van der Waals surface area contributed by atoms with Crippen molar-refractivity contribution in [2.24, 2.45) is 17.1 Å². The van der Waals surface area contributed by atoms with Crippen molar-refractivity contribution in [3.05, 3.63) is 35.2 Å². The summed E-state index contributed by atoms with van der Waals surface area (Å²) in [6.07, 6.45) is 13.3. The molecule has 0 radical (unpaired) electrons. The molecule has 0 saturated carbocycles. The molecule has 0 aromatic carbocycles. The van der Waals surface area contributed by atoms with Crippen LogP contribution in [0.25, 0.3) is 0 Å². The van der Waals surface area contributed by atoms with Crippen molar-refractivity contribution in [3.8, 4) is 0 Å². The summed E-state index contributed by atoms with van der Waals surface area (Å²) in [4.78, 5) is 2.30. The van der Waals surface area contributed by atoms with Gasteiger partial charge in [-0.2, -0.15) is 0 Å². The number of hydrogen-bond acceptors (Lipinski definition) is 5. The third kappa shape index (κ3) is 5.17. The highest BCUT2D eigenvalue weighted by molar-refractivity contribution is 7.90. The van der Waals surface area contributed by atoms with Crippen molar-refractivity contribution in [1.29, 1.82) is 0 Å². The van der Waals surface area contributed by atoms with Crippen LogP contribution in [-0.4, -0.2) is 51.0 Å². The van der Waals surface area contributed by atoms with Gasteiger partial charge in [-0.25, -0.2) is 8.42 Å². The quantitative estimate of drug-likeness (QED) is 0.751. The zero-order valence-electron chi connectivity index (χ0n) is 17.0. The number of rotatable bonds is 5. The zero-order valence-corrected chi connectivity index (χ0v) is 17.8. The summed E-state index contributed by atoms with van der Waals surface area (Å²) in [6.45, 7) is 7.17. The predicted octanol–water partition coefficient (Wildman–Crippen LogP) is 2.58. The molecule has 27 heavy (non-hydrogen) atoms. The van der Waals surface area contributed by atoms with E-state index in [9.17, 15) is 8.42 Å². The van der Waals surface area contributed by atoms with Gasteiger partial charge in [0.05, 0.1) is 23.2 Å². The van der Waals surface area contributed by atoms with Crippen molar-refractivity contribution < 1.29 is 8.42 Å². The standard InChI is InChI=1S/C21H35N3O2S/c1-21(2)10-6-17(7-11-21)20-18(22)4-5-19(16-8-12-23-13-9-16)24(20)14-15-27(3,25)26/h4-6,16,19,23H,7-15,22H2,1-3H3. The van der Waals surface area contributed by atoms with Crippen LogP contribution in [0.15, 0.2) is 35.2 Å². The highest BCUT2D eigenvalue weighted by Crippen LogP contribution is 2.40. The Kier molecular flexibility index (Phi) is 6.06. The van der Waals surface area contributed by atoms with Crippen LogP contribution in [0.3, 0.4) is 0 Å². The smallest absolute Gasteiger partial charge is 0.149 e. The lowest BCUT2D eigenvalue weighted by Gasteiger charge is -2.44. The predicted molar refractivity (Wildman–Crippen MR) is 112 cm³/mol. The van der Waals surface area contributed by atoms with Gasteiger partial charge in [0.2, 0.25) is 0 Å². The number of piperidine rings is 1. The summed E-state index contributed by atoms with van der Waals surface area (Å²) in [7, 11) is -3.03. The van der Waals surface area contributed by atoms with Gasteiger partial charge in [0.15, 0.2) is 0 Å². The van der Waals surface area contributed by atoms with E-state index in [0.717, 1.165) is 56.6 Å². The van der Waals surface area contributed by atoms with E-state index in [-0.39, 0.29) is 11.8 Å². The molecule has 1 saturated heterocycles. The lowest BCUT2D eigenvalue weighted by molar-refractivity contribution is 0.194. The van der Waals surface area contributed by atoms with Crippen LogP contribution in [0, 0.1) is 11.3 Å². The molecule has 1 fully saturated rings. The van der Waals surface area contributed by atoms with Gasteiger partial charge in [-0.3, -0.25) is 0 Å². The van der Waals surface area contributed by atoms with Crippen LogP contribution in [0.5, 0.6) is 0 Å². The lowest BCUT2D eigenvalue weighted by atomic mass is 9.76. The van der Waals surface area contributed by atoms with E-state index in [1.54, 1.807) is 0 Å². The van der Waals surface area contributed by atoms with E-state index < -0.39 is 9.84 Å². The van der Waals surface area contributed by atoms with Gasteiger partial charge in [-0.05, 0) is 68.2 Å². The van der Waals surface area contributed by atoms with Crippen molar-refractivity contribution >= 4 is 9.84 Å². The number of nitrogens with one attached hydrogen (secondary N) is 1. The first-order valence-corrected chi connectivity index (χ1v) is 12.2. The Morgan fingerprint density at radius 2 is 2.00 bits per heavy atom. The van der Waals surface area contributed by atoms with Gasteiger partial charge in [-0.15, -0.1) is 0 Å². The second-order valence-corrected chi connectivity index (χ2v) is 11.4. The summed E-state index contributed by atoms with van der Waals surface area (Å²) in [5.74, 6) is 0.698. The molecule has 2 heterocycles. The molecule has 0 aromatic rings. The van der Waals surface area contributed by atoms with E-state index >= 15 is 0 Å². The number of nitrogens with two attached hydrogens (primary N) is 1. The van der Waals surface area contributed by atoms with Crippen molar-refractivity contribution in [3.63, 3.8) is 0 Å². The Morgan fingerprint density at radius 3 is 2.59 bits per heavy atom. The minimum Gasteiger partial charge on any atom is -0.397 e. The summed E-state index contributed by atoms with van der Waals surface area (Å²) >= 11 is 0. The second-order valence-electron chi connectivity index (χ2n) is 9.16. The molecule has 0 amide bonds. The third-order valence-corrected chi connectivity index (χ3v) is 7.16. The minimum absolute atomic E-state index is 0.165. The number of allylic oxidation sites excluding steroid dienone is 3. The molecule has 3 aliphatic rings. The van der Waals surface area contributed by atoms with Crippen molar-refractivity contribution in [1.82, 2.24) is 10.2 Å². The maximum atomic E-state index is 11.9. The molecule has 1 atom stereocenters. The number of hydrogen-bond donors (Lipinski definition) is 2. The molecule has 1 aliphatic carbocycles. The van der Waals surface area contributed by atoms with Gasteiger partial charge in [0.1, 0.15) is 9.84 Å². The molecule has 6 heteroatoms. The fourth-order valence-electron chi connectivity index (χ4n) is 4.48. The Bertz CT molecular complexity index is 743. The van der Waals surface area contributed by atoms with Gasteiger partial charge in [0, 0.05) is 12.8 Å². The Labute approximate surface area is 164 Å². The van der Waals surface area contributed by atoms with E-state index in [4.69, 9.17) is 5.73 Å². The van der Waals surface area contributed by atoms with E-state index in [1.165, 1.54) is 11.8 Å². The highest BCUT2D eigenvalue weighted by Gasteiger charge is 2.34. The fraction of sp³-hybridized carbons (Fsp3) is 0.714. The SMILES string of the molecule is CC1(C)CC=C(C2=C(N)C=CC(C3CCNCC3)N2CCS(C)(=O)=O)CC1. The first-order chi connectivity index (χ1) is 12.7. The summed E-state index contributed by atoms with van der Waals surface area (Å²) in [6, 6.07) is 0.229. The normalized spacial score (nSPS) is 27.0. The molecule has 3 N–H and O–H groups in total. The molecule has 2 aliphatic heterocycles. The average Bonchev–Trinajstić information content (AvgIpc) is 2.60. The lowest BCUT2D eigenvalue weighted by Crippen LogP contribution is -2.47. The van der Waals surface area contributed by atoms with Gasteiger partial charge in [0.25, 0.3) is 0 Å². The fourth-order valence-corrected chi connectivity index (χ4v) is 5.01. The minimum atomic E-state index is -3.03. The van der Waals surface area contributed by atoms with E-state index in [1.807, 2.05) is 0 Å². The monoisotopic (exact) mass is 393 g/mol.